The highest BCUT2D eigenvalue weighted by molar-refractivity contribution is 4.85. The molecule has 1 saturated carbocycles. The highest BCUT2D eigenvalue weighted by Gasteiger charge is 2.43. The van der Waals surface area contributed by atoms with Crippen molar-refractivity contribution in [1.82, 2.24) is 5.32 Å². The van der Waals surface area contributed by atoms with Gasteiger partial charge in [-0.1, -0.05) is 13.3 Å². The largest absolute Gasteiger partial charge is 0.391 e. The number of hydrogen-bond donors (Lipinski definition) is 1. The lowest BCUT2D eigenvalue weighted by Crippen LogP contribution is -2.41. The fraction of sp³-hybridized carbons (Fsp3) is 1.00. The summed E-state index contributed by atoms with van der Waals surface area (Å²) in [5.41, 5.74) is 0. The zero-order chi connectivity index (χ0) is 15.0. The molecule has 2 nitrogen and oxygen atoms in total. The number of alkyl halides is 3. The number of nitrogens with one attached hydrogen (secondary N) is 1. The summed E-state index contributed by atoms with van der Waals surface area (Å²) in [4.78, 5) is 0. The van der Waals surface area contributed by atoms with E-state index in [1.54, 1.807) is 7.11 Å². The van der Waals surface area contributed by atoms with Gasteiger partial charge in [-0.3, -0.25) is 0 Å². The van der Waals surface area contributed by atoms with Gasteiger partial charge in [-0.15, -0.1) is 0 Å². The third-order valence-corrected chi connectivity index (χ3v) is 4.27. The van der Waals surface area contributed by atoms with Gasteiger partial charge in [-0.2, -0.15) is 13.2 Å². The summed E-state index contributed by atoms with van der Waals surface area (Å²) in [5, 5.41) is 3.45. The molecule has 1 fully saturated rings. The second-order valence-corrected chi connectivity index (χ2v) is 5.86. The van der Waals surface area contributed by atoms with Crippen molar-refractivity contribution in [3.63, 3.8) is 0 Å². The van der Waals surface area contributed by atoms with Crippen molar-refractivity contribution in [2.75, 3.05) is 20.3 Å². The van der Waals surface area contributed by atoms with Gasteiger partial charge in [0.05, 0.1) is 5.92 Å². The molecule has 0 aromatic carbocycles. The maximum Gasteiger partial charge on any atom is 0.391 e. The molecular weight excluding hydrogens is 267 g/mol. The molecule has 5 heteroatoms. The first-order valence-electron chi connectivity index (χ1n) is 7.78. The fourth-order valence-electron chi connectivity index (χ4n) is 3.17. The third kappa shape index (κ3) is 6.00. The zero-order valence-electron chi connectivity index (χ0n) is 12.6. The summed E-state index contributed by atoms with van der Waals surface area (Å²) in [7, 11) is 1.66. The van der Waals surface area contributed by atoms with Crippen molar-refractivity contribution in [2.24, 2.45) is 11.8 Å². The van der Waals surface area contributed by atoms with Crippen molar-refractivity contribution >= 4 is 0 Å². The summed E-state index contributed by atoms with van der Waals surface area (Å²) >= 11 is 0. The van der Waals surface area contributed by atoms with E-state index < -0.39 is 12.1 Å². The zero-order valence-corrected chi connectivity index (χ0v) is 12.6. The van der Waals surface area contributed by atoms with E-state index in [2.05, 4.69) is 12.2 Å². The van der Waals surface area contributed by atoms with E-state index in [1.807, 2.05) is 0 Å². The quantitative estimate of drug-likeness (QED) is 0.679. The van der Waals surface area contributed by atoms with Crippen molar-refractivity contribution in [2.45, 2.75) is 64.1 Å². The Labute approximate surface area is 120 Å². The van der Waals surface area contributed by atoms with Crippen LogP contribution in [0.5, 0.6) is 0 Å². The minimum absolute atomic E-state index is 0.152. The van der Waals surface area contributed by atoms with Gasteiger partial charge < -0.3 is 10.1 Å². The summed E-state index contributed by atoms with van der Waals surface area (Å²) < 4.78 is 43.7. The van der Waals surface area contributed by atoms with Crippen LogP contribution in [0.2, 0.25) is 0 Å². The first kappa shape index (κ1) is 17.8. The average molecular weight is 295 g/mol. The third-order valence-electron chi connectivity index (χ3n) is 4.27. The van der Waals surface area contributed by atoms with E-state index in [4.69, 9.17) is 4.74 Å². The first-order valence-corrected chi connectivity index (χ1v) is 7.78. The van der Waals surface area contributed by atoms with Crippen LogP contribution in [0, 0.1) is 11.8 Å². The minimum Gasteiger partial charge on any atom is -0.385 e. The van der Waals surface area contributed by atoms with Crippen LogP contribution in [0.4, 0.5) is 13.2 Å². The predicted octanol–water partition coefficient (Wildman–Crippen LogP) is 4.15. The van der Waals surface area contributed by atoms with E-state index in [-0.39, 0.29) is 18.4 Å². The second kappa shape index (κ2) is 8.88. The Morgan fingerprint density at radius 2 is 2.05 bits per heavy atom. The number of rotatable bonds is 8. The Hall–Kier alpha value is -0.290. The second-order valence-electron chi connectivity index (χ2n) is 5.86. The van der Waals surface area contributed by atoms with Gasteiger partial charge >= 0.3 is 6.18 Å². The molecule has 0 aromatic rings. The highest BCUT2D eigenvalue weighted by Crippen LogP contribution is 2.41. The van der Waals surface area contributed by atoms with Gasteiger partial charge in [-0.05, 0) is 51.0 Å². The molecule has 1 aliphatic rings. The Bertz CT molecular complexity index is 258. The summed E-state index contributed by atoms with van der Waals surface area (Å²) in [5.74, 6) is -0.951. The number of hydrogen-bond acceptors (Lipinski definition) is 2. The van der Waals surface area contributed by atoms with Gasteiger partial charge in [0.15, 0.2) is 0 Å². The Kier molecular flexibility index (Phi) is 7.88. The normalized spacial score (nSPS) is 25.6. The molecule has 0 heterocycles. The lowest BCUT2D eigenvalue weighted by atomic mass is 9.76. The maximum atomic E-state index is 12.9. The average Bonchev–Trinajstić information content (AvgIpc) is 2.42. The Morgan fingerprint density at radius 3 is 2.65 bits per heavy atom. The van der Waals surface area contributed by atoms with Crippen molar-refractivity contribution in [3.05, 3.63) is 0 Å². The van der Waals surface area contributed by atoms with Crippen LogP contribution in [0.1, 0.15) is 51.9 Å². The molecule has 0 aromatic heterocycles. The molecule has 0 bridgehead atoms. The topological polar surface area (TPSA) is 21.3 Å². The smallest absolute Gasteiger partial charge is 0.385 e. The molecule has 1 aliphatic carbocycles. The maximum absolute atomic E-state index is 12.9. The number of halogens is 3. The number of ether oxygens (including phenoxy) is 1. The van der Waals surface area contributed by atoms with Crippen LogP contribution in [0.25, 0.3) is 0 Å². The highest BCUT2D eigenvalue weighted by atomic mass is 19.4. The van der Waals surface area contributed by atoms with Gasteiger partial charge in [0, 0.05) is 19.8 Å². The van der Waals surface area contributed by atoms with Crippen LogP contribution >= 0.6 is 0 Å². The Morgan fingerprint density at radius 1 is 1.30 bits per heavy atom. The first-order chi connectivity index (χ1) is 9.49. The SMILES string of the molecule is CCCNC(CCCOC)C1CCCC(C(F)(F)F)C1. The van der Waals surface area contributed by atoms with E-state index in [1.165, 1.54) is 0 Å². The molecule has 1 rings (SSSR count). The lowest BCUT2D eigenvalue weighted by Gasteiger charge is -2.36. The van der Waals surface area contributed by atoms with Gasteiger partial charge in [0.2, 0.25) is 0 Å². The summed E-state index contributed by atoms with van der Waals surface area (Å²) in [6.07, 6.45) is 1.01. The fourth-order valence-corrected chi connectivity index (χ4v) is 3.17. The van der Waals surface area contributed by atoms with Gasteiger partial charge in [0.1, 0.15) is 0 Å². The monoisotopic (exact) mass is 295 g/mol. The standard InChI is InChI=1S/C15H28F3NO/c1-3-9-19-14(8-5-10-20-2)12-6-4-7-13(11-12)15(16,17)18/h12-14,19H,3-11H2,1-2H3. The van der Waals surface area contributed by atoms with E-state index in [0.717, 1.165) is 32.2 Å². The minimum atomic E-state index is -4.03. The van der Waals surface area contributed by atoms with Crippen molar-refractivity contribution < 1.29 is 17.9 Å². The molecule has 3 unspecified atom stereocenters. The number of methoxy groups -OCH3 is 1. The van der Waals surface area contributed by atoms with Gasteiger partial charge in [0.25, 0.3) is 0 Å². The molecule has 1 N–H and O–H groups in total. The molecule has 0 radical (unpaired) electrons. The van der Waals surface area contributed by atoms with Crippen molar-refractivity contribution in [3.8, 4) is 0 Å². The molecule has 0 saturated heterocycles. The van der Waals surface area contributed by atoms with E-state index in [9.17, 15) is 13.2 Å². The summed E-state index contributed by atoms with van der Waals surface area (Å²) in [6.45, 7) is 3.64. The summed E-state index contributed by atoms with van der Waals surface area (Å²) in [6, 6.07) is 0.204. The molecule has 0 spiro atoms. The van der Waals surface area contributed by atoms with E-state index >= 15 is 0 Å². The molecular formula is C15H28F3NO. The molecule has 3 atom stereocenters. The molecule has 20 heavy (non-hydrogen) atoms. The Balaban J connectivity index is 2.54. The van der Waals surface area contributed by atoms with Gasteiger partial charge in [-0.25, -0.2) is 0 Å². The molecule has 0 aliphatic heterocycles. The predicted molar refractivity (Wildman–Crippen MR) is 74.7 cm³/mol. The van der Waals surface area contributed by atoms with Crippen molar-refractivity contribution in [1.29, 1.82) is 0 Å². The lowest BCUT2D eigenvalue weighted by molar-refractivity contribution is -0.186. The van der Waals surface area contributed by atoms with Crippen LogP contribution < -0.4 is 5.32 Å². The molecule has 120 valence electrons. The van der Waals surface area contributed by atoms with Crippen LogP contribution in [-0.2, 0) is 4.74 Å². The van der Waals surface area contributed by atoms with Crippen LogP contribution in [-0.4, -0.2) is 32.5 Å². The van der Waals surface area contributed by atoms with E-state index in [0.29, 0.717) is 19.4 Å². The van der Waals surface area contributed by atoms with Crippen LogP contribution in [0.3, 0.4) is 0 Å². The van der Waals surface area contributed by atoms with Crippen LogP contribution in [0.15, 0.2) is 0 Å². The molecule has 0 amide bonds.